The minimum Gasteiger partial charge on any atom is -0.497 e. The first-order valence-corrected chi connectivity index (χ1v) is 5.97. The van der Waals surface area contributed by atoms with Crippen molar-refractivity contribution in [2.75, 3.05) is 7.11 Å². The minimum atomic E-state index is -0.148. The van der Waals surface area contributed by atoms with Gasteiger partial charge in [0, 0.05) is 0 Å². The van der Waals surface area contributed by atoms with Gasteiger partial charge in [0.05, 0.1) is 13.2 Å². The van der Waals surface area contributed by atoms with Crippen LogP contribution in [0.4, 0.5) is 0 Å². The summed E-state index contributed by atoms with van der Waals surface area (Å²) < 4.78 is 5.25. The molecule has 0 aromatic heterocycles. The maximum absolute atomic E-state index is 9.80. The van der Waals surface area contributed by atoms with Crippen molar-refractivity contribution in [1.29, 1.82) is 0 Å². The number of hydrogen-bond donors (Lipinski definition) is 1. The summed E-state index contributed by atoms with van der Waals surface area (Å²) in [5, 5.41) is 9.80. The first kappa shape index (κ1) is 11.5. The van der Waals surface area contributed by atoms with Crippen LogP contribution in [-0.2, 0) is 5.41 Å². The van der Waals surface area contributed by atoms with Gasteiger partial charge in [-0.05, 0) is 42.4 Å². The van der Waals surface area contributed by atoms with Crippen LogP contribution >= 0.6 is 0 Å². The molecule has 1 aromatic rings. The van der Waals surface area contributed by atoms with E-state index in [4.69, 9.17) is 4.74 Å². The van der Waals surface area contributed by atoms with Crippen LogP contribution in [0, 0.1) is 0 Å². The van der Waals surface area contributed by atoms with E-state index in [-0.39, 0.29) is 11.5 Å². The summed E-state index contributed by atoms with van der Waals surface area (Å²) in [4.78, 5) is 0. The van der Waals surface area contributed by atoms with Gasteiger partial charge in [0.1, 0.15) is 5.75 Å². The minimum absolute atomic E-state index is 0.103. The fourth-order valence-electron chi connectivity index (χ4n) is 2.71. The molecule has 16 heavy (non-hydrogen) atoms. The Morgan fingerprint density at radius 3 is 2.94 bits per heavy atom. The van der Waals surface area contributed by atoms with Crippen LogP contribution in [0.1, 0.15) is 38.2 Å². The van der Waals surface area contributed by atoms with Crippen LogP contribution < -0.4 is 4.74 Å². The molecule has 1 N–H and O–H groups in total. The summed E-state index contributed by atoms with van der Waals surface area (Å²) in [5.41, 5.74) is 1.39. The largest absolute Gasteiger partial charge is 0.497 e. The quantitative estimate of drug-likeness (QED) is 0.830. The van der Waals surface area contributed by atoms with Gasteiger partial charge in [-0.2, -0.15) is 0 Å². The number of ether oxygens (including phenoxy) is 1. The highest BCUT2D eigenvalue weighted by atomic mass is 16.5. The molecule has 0 radical (unpaired) electrons. The van der Waals surface area contributed by atoms with Crippen LogP contribution in [0.25, 0.3) is 0 Å². The summed E-state index contributed by atoms with van der Waals surface area (Å²) in [6.07, 6.45) is 3.91. The van der Waals surface area contributed by atoms with Crippen molar-refractivity contribution in [2.45, 2.75) is 44.1 Å². The Kier molecular flexibility index (Phi) is 3.20. The first-order valence-electron chi connectivity index (χ1n) is 5.97. The van der Waals surface area contributed by atoms with Gasteiger partial charge in [-0.3, -0.25) is 0 Å². The molecule has 1 aliphatic rings. The average molecular weight is 220 g/mol. The van der Waals surface area contributed by atoms with Crippen LogP contribution in [0.2, 0.25) is 0 Å². The highest BCUT2D eigenvalue weighted by Gasteiger charge is 2.33. The molecule has 0 bridgehead atoms. The molecule has 1 aromatic carbocycles. The fraction of sp³-hybridized carbons (Fsp3) is 0.571. The van der Waals surface area contributed by atoms with Crippen LogP contribution in [0.5, 0.6) is 5.75 Å². The molecule has 1 aliphatic carbocycles. The van der Waals surface area contributed by atoms with E-state index in [2.05, 4.69) is 19.1 Å². The van der Waals surface area contributed by atoms with E-state index in [1.807, 2.05) is 12.1 Å². The lowest BCUT2D eigenvalue weighted by Crippen LogP contribution is -2.32. The van der Waals surface area contributed by atoms with Crippen molar-refractivity contribution in [1.82, 2.24) is 0 Å². The van der Waals surface area contributed by atoms with Crippen molar-refractivity contribution >= 4 is 0 Å². The molecule has 0 heterocycles. The second kappa shape index (κ2) is 4.46. The van der Waals surface area contributed by atoms with E-state index in [0.717, 1.165) is 31.4 Å². The van der Waals surface area contributed by atoms with Gasteiger partial charge in [-0.15, -0.1) is 0 Å². The Balaban J connectivity index is 2.27. The first-order chi connectivity index (χ1) is 7.64. The Morgan fingerprint density at radius 2 is 2.25 bits per heavy atom. The molecule has 2 nitrogen and oxygen atoms in total. The molecule has 2 rings (SSSR count). The van der Waals surface area contributed by atoms with E-state index in [0.29, 0.717) is 0 Å². The zero-order valence-corrected chi connectivity index (χ0v) is 10.1. The molecule has 0 spiro atoms. The summed E-state index contributed by atoms with van der Waals surface area (Å²) in [6.45, 7) is 2.24. The molecule has 1 unspecified atom stereocenters. The molecule has 0 aliphatic heterocycles. The van der Waals surface area contributed by atoms with E-state index < -0.39 is 0 Å². The van der Waals surface area contributed by atoms with Gasteiger partial charge < -0.3 is 9.84 Å². The number of aliphatic hydroxyl groups is 1. The lowest BCUT2D eigenvalue weighted by atomic mass is 9.70. The monoisotopic (exact) mass is 220 g/mol. The number of aliphatic hydroxyl groups excluding tert-OH is 1. The van der Waals surface area contributed by atoms with E-state index >= 15 is 0 Å². The summed E-state index contributed by atoms with van der Waals surface area (Å²) in [6, 6.07) is 8.23. The average Bonchev–Trinajstić information content (AvgIpc) is 2.29. The highest BCUT2D eigenvalue weighted by Crippen LogP contribution is 2.39. The molecular formula is C14H20O2. The third kappa shape index (κ3) is 2.22. The van der Waals surface area contributed by atoms with Gasteiger partial charge in [-0.25, -0.2) is 0 Å². The van der Waals surface area contributed by atoms with Crippen LogP contribution in [-0.4, -0.2) is 18.3 Å². The number of benzene rings is 1. The number of hydrogen-bond acceptors (Lipinski definition) is 2. The normalized spacial score (nSPS) is 30.1. The lowest BCUT2D eigenvalue weighted by molar-refractivity contribution is 0.0909. The van der Waals surface area contributed by atoms with Crippen molar-refractivity contribution in [3.63, 3.8) is 0 Å². The Labute approximate surface area is 97.3 Å². The van der Waals surface area contributed by atoms with Crippen LogP contribution in [0.15, 0.2) is 24.3 Å². The van der Waals surface area contributed by atoms with Gasteiger partial charge in [0.15, 0.2) is 0 Å². The maximum atomic E-state index is 9.80. The van der Waals surface area contributed by atoms with Crippen molar-refractivity contribution in [2.24, 2.45) is 0 Å². The molecule has 1 fully saturated rings. The predicted molar refractivity (Wildman–Crippen MR) is 64.8 cm³/mol. The predicted octanol–water partition coefficient (Wildman–Crippen LogP) is 2.89. The molecule has 0 saturated heterocycles. The van der Waals surface area contributed by atoms with Crippen molar-refractivity contribution < 1.29 is 9.84 Å². The maximum Gasteiger partial charge on any atom is 0.119 e. The number of methoxy groups -OCH3 is 1. The topological polar surface area (TPSA) is 29.5 Å². The molecule has 88 valence electrons. The van der Waals surface area contributed by atoms with E-state index in [1.54, 1.807) is 7.11 Å². The molecule has 2 heteroatoms. The van der Waals surface area contributed by atoms with Crippen molar-refractivity contribution in [3.8, 4) is 5.75 Å². The van der Waals surface area contributed by atoms with E-state index in [1.165, 1.54) is 5.56 Å². The Hall–Kier alpha value is -1.02. The second-order valence-corrected chi connectivity index (χ2v) is 5.04. The fourth-order valence-corrected chi connectivity index (χ4v) is 2.71. The summed E-state index contributed by atoms with van der Waals surface area (Å²) in [5.74, 6) is 0.902. The van der Waals surface area contributed by atoms with E-state index in [9.17, 15) is 5.11 Å². The van der Waals surface area contributed by atoms with Crippen molar-refractivity contribution in [3.05, 3.63) is 29.8 Å². The molecular weight excluding hydrogens is 200 g/mol. The lowest BCUT2D eigenvalue weighted by Gasteiger charge is -2.36. The van der Waals surface area contributed by atoms with Gasteiger partial charge in [0.2, 0.25) is 0 Å². The van der Waals surface area contributed by atoms with Gasteiger partial charge in [0.25, 0.3) is 0 Å². The summed E-state index contributed by atoms with van der Waals surface area (Å²) in [7, 11) is 1.69. The second-order valence-electron chi connectivity index (χ2n) is 5.04. The molecule has 2 atom stereocenters. The highest BCUT2D eigenvalue weighted by molar-refractivity contribution is 5.34. The standard InChI is InChI=1S/C14H20O2/c1-14(8-4-6-12(15)10-14)11-5-3-7-13(9-11)16-2/h3,5,7,9,12,15H,4,6,8,10H2,1-2H3/t12?,14-/m0/s1. The number of rotatable bonds is 2. The SMILES string of the molecule is COc1cccc([C@@]2(C)CCCC(O)C2)c1. The molecule has 0 amide bonds. The van der Waals surface area contributed by atoms with Gasteiger partial charge >= 0.3 is 0 Å². The molecule has 1 saturated carbocycles. The Morgan fingerprint density at radius 1 is 1.44 bits per heavy atom. The van der Waals surface area contributed by atoms with Gasteiger partial charge in [-0.1, -0.05) is 25.5 Å². The smallest absolute Gasteiger partial charge is 0.119 e. The third-order valence-electron chi connectivity index (χ3n) is 3.72. The zero-order chi connectivity index (χ0) is 11.6. The van der Waals surface area contributed by atoms with Crippen LogP contribution in [0.3, 0.4) is 0 Å². The summed E-state index contributed by atoms with van der Waals surface area (Å²) >= 11 is 0. The third-order valence-corrected chi connectivity index (χ3v) is 3.72. The Bertz CT molecular complexity index is 362. The zero-order valence-electron chi connectivity index (χ0n) is 10.1.